The van der Waals surface area contributed by atoms with Gasteiger partial charge in [0.1, 0.15) is 0 Å². The molecule has 2 N–H and O–H groups in total. The predicted molar refractivity (Wildman–Crippen MR) is 80.6 cm³/mol. The second kappa shape index (κ2) is 5.72. The Morgan fingerprint density at radius 1 is 1.41 bits per heavy atom. The minimum atomic E-state index is -0.906. The van der Waals surface area contributed by atoms with Gasteiger partial charge < -0.3 is 15.2 Å². The lowest BCUT2D eigenvalue weighted by Gasteiger charge is -2.27. The van der Waals surface area contributed by atoms with Gasteiger partial charge in [0.15, 0.2) is 0 Å². The van der Waals surface area contributed by atoms with Gasteiger partial charge in [-0.1, -0.05) is 24.3 Å². The summed E-state index contributed by atoms with van der Waals surface area (Å²) in [6, 6.07) is 8.11. The van der Waals surface area contributed by atoms with E-state index in [-0.39, 0.29) is 30.8 Å². The number of hydrogen-bond donors (Lipinski definition) is 2. The molecule has 2 aliphatic rings. The molecule has 1 aromatic carbocycles. The van der Waals surface area contributed by atoms with Crippen LogP contribution in [0.15, 0.2) is 24.3 Å². The van der Waals surface area contributed by atoms with Gasteiger partial charge in [-0.3, -0.25) is 9.59 Å². The van der Waals surface area contributed by atoms with Crippen molar-refractivity contribution in [3.05, 3.63) is 35.4 Å². The zero-order chi connectivity index (χ0) is 15.7. The van der Waals surface area contributed by atoms with Crippen molar-refractivity contribution in [1.82, 2.24) is 5.32 Å². The zero-order valence-electron chi connectivity index (χ0n) is 12.7. The largest absolute Gasteiger partial charge is 0.481 e. The van der Waals surface area contributed by atoms with Crippen LogP contribution in [0.2, 0.25) is 0 Å². The van der Waals surface area contributed by atoms with Crippen molar-refractivity contribution >= 4 is 11.9 Å². The van der Waals surface area contributed by atoms with Crippen LogP contribution in [0.5, 0.6) is 0 Å². The third kappa shape index (κ3) is 2.99. The molecule has 1 aliphatic carbocycles. The first kappa shape index (κ1) is 15.0. The number of amides is 1. The summed E-state index contributed by atoms with van der Waals surface area (Å²) in [6.07, 6.45) is 1.31. The molecule has 0 bridgehead atoms. The van der Waals surface area contributed by atoms with Gasteiger partial charge in [-0.2, -0.15) is 0 Å². The summed E-state index contributed by atoms with van der Waals surface area (Å²) >= 11 is 0. The molecule has 22 heavy (non-hydrogen) atoms. The highest BCUT2D eigenvalue weighted by atomic mass is 16.5. The molecule has 2 fully saturated rings. The van der Waals surface area contributed by atoms with E-state index < -0.39 is 11.5 Å². The molecule has 3 rings (SSSR count). The molecular formula is C17H21NO4. The van der Waals surface area contributed by atoms with Crippen LogP contribution < -0.4 is 5.32 Å². The quantitative estimate of drug-likeness (QED) is 0.870. The van der Waals surface area contributed by atoms with Gasteiger partial charge >= 0.3 is 5.97 Å². The summed E-state index contributed by atoms with van der Waals surface area (Å²) in [5.41, 5.74) is 1.69. The van der Waals surface area contributed by atoms with E-state index in [1.54, 1.807) is 0 Å². The third-order valence-corrected chi connectivity index (χ3v) is 4.70. The molecule has 1 amide bonds. The maximum Gasteiger partial charge on any atom is 0.305 e. The van der Waals surface area contributed by atoms with Crippen molar-refractivity contribution in [1.29, 1.82) is 0 Å². The summed E-state index contributed by atoms with van der Waals surface area (Å²) in [5, 5.41) is 12.0. The predicted octanol–water partition coefficient (Wildman–Crippen LogP) is 1.85. The highest BCUT2D eigenvalue weighted by Gasteiger charge is 2.48. The minimum absolute atomic E-state index is 0.0417. The van der Waals surface area contributed by atoms with Crippen LogP contribution in [-0.2, 0) is 14.3 Å². The zero-order valence-corrected chi connectivity index (χ0v) is 12.7. The Bertz CT molecular complexity index is 592. The number of carbonyl (C=O) groups is 2. The van der Waals surface area contributed by atoms with Crippen molar-refractivity contribution in [3.8, 4) is 0 Å². The SMILES string of the molecule is Cc1ccccc1C1CC1C(=O)NC1(CC(=O)O)CCOC1. The molecule has 1 aromatic rings. The number of benzene rings is 1. The summed E-state index contributed by atoms with van der Waals surface area (Å²) in [5.74, 6) is -0.741. The number of carboxylic acids is 1. The molecule has 1 saturated carbocycles. The molecule has 3 atom stereocenters. The Morgan fingerprint density at radius 3 is 2.82 bits per heavy atom. The van der Waals surface area contributed by atoms with Crippen LogP contribution in [0.25, 0.3) is 0 Å². The van der Waals surface area contributed by atoms with Crippen molar-refractivity contribution in [2.75, 3.05) is 13.2 Å². The fraction of sp³-hybridized carbons (Fsp3) is 0.529. The molecule has 1 heterocycles. The van der Waals surface area contributed by atoms with Crippen LogP contribution in [0.1, 0.15) is 36.3 Å². The molecule has 118 valence electrons. The van der Waals surface area contributed by atoms with Crippen molar-refractivity contribution in [3.63, 3.8) is 0 Å². The van der Waals surface area contributed by atoms with E-state index in [9.17, 15) is 9.59 Å². The Labute approximate surface area is 129 Å². The Morgan fingerprint density at radius 2 is 2.18 bits per heavy atom. The summed E-state index contributed by atoms with van der Waals surface area (Å²) < 4.78 is 5.31. The first-order valence-corrected chi connectivity index (χ1v) is 7.68. The van der Waals surface area contributed by atoms with E-state index in [0.717, 1.165) is 6.42 Å². The fourth-order valence-electron chi connectivity index (χ4n) is 3.36. The van der Waals surface area contributed by atoms with Crippen LogP contribution in [-0.4, -0.2) is 35.7 Å². The Kier molecular flexibility index (Phi) is 3.91. The molecule has 5 heteroatoms. The van der Waals surface area contributed by atoms with Gasteiger partial charge in [-0.25, -0.2) is 0 Å². The normalized spacial score (nSPS) is 30.0. The fourth-order valence-corrected chi connectivity index (χ4v) is 3.36. The first-order valence-electron chi connectivity index (χ1n) is 7.68. The number of ether oxygens (including phenoxy) is 1. The number of rotatable bonds is 5. The van der Waals surface area contributed by atoms with Gasteiger partial charge in [0.2, 0.25) is 5.91 Å². The third-order valence-electron chi connectivity index (χ3n) is 4.70. The van der Waals surface area contributed by atoms with Crippen LogP contribution in [0, 0.1) is 12.8 Å². The molecule has 1 saturated heterocycles. The monoisotopic (exact) mass is 303 g/mol. The first-order chi connectivity index (χ1) is 10.5. The number of hydrogen-bond acceptors (Lipinski definition) is 3. The van der Waals surface area contributed by atoms with Gasteiger partial charge in [0, 0.05) is 12.5 Å². The molecule has 5 nitrogen and oxygen atoms in total. The van der Waals surface area contributed by atoms with Crippen molar-refractivity contribution in [2.24, 2.45) is 5.92 Å². The lowest BCUT2D eigenvalue weighted by atomic mass is 9.93. The molecule has 3 unspecified atom stereocenters. The van der Waals surface area contributed by atoms with E-state index in [1.165, 1.54) is 11.1 Å². The van der Waals surface area contributed by atoms with E-state index in [1.807, 2.05) is 12.1 Å². The van der Waals surface area contributed by atoms with Crippen molar-refractivity contribution < 1.29 is 19.4 Å². The molecule has 0 spiro atoms. The second-order valence-electron chi connectivity index (χ2n) is 6.45. The van der Waals surface area contributed by atoms with Crippen LogP contribution >= 0.6 is 0 Å². The summed E-state index contributed by atoms with van der Waals surface area (Å²) in [4.78, 5) is 23.5. The van der Waals surface area contributed by atoms with Gasteiger partial charge in [-0.05, 0) is 36.8 Å². The van der Waals surface area contributed by atoms with E-state index in [0.29, 0.717) is 13.0 Å². The number of carbonyl (C=O) groups excluding carboxylic acids is 1. The number of aliphatic carboxylic acids is 1. The van der Waals surface area contributed by atoms with E-state index >= 15 is 0 Å². The Balaban J connectivity index is 1.66. The topological polar surface area (TPSA) is 75.6 Å². The van der Waals surface area contributed by atoms with Crippen LogP contribution in [0.3, 0.4) is 0 Å². The average molecular weight is 303 g/mol. The lowest BCUT2D eigenvalue weighted by Crippen LogP contribution is -2.51. The van der Waals surface area contributed by atoms with Crippen molar-refractivity contribution in [2.45, 2.75) is 37.6 Å². The average Bonchev–Trinajstić information content (AvgIpc) is 3.13. The molecule has 0 aromatic heterocycles. The lowest BCUT2D eigenvalue weighted by molar-refractivity contribution is -0.139. The van der Waals surface area contributed by atoms with E-state index in [4.69, 9.17) is 9.84 Å². The maximum atomic E-state index is 12.5. The number of aryl methyl sites for hydroxylation is 1. The number of carboxylic acid groups (broad SMARTS) is 1. The van der Waals surface area contributed by atoms with E-state index in [2.05, 4.69) is 24.4 Å². The minimum Gasteiger partial charge on any atom is -0.481 e. The molecular weight excluding hydrogens is 282 g/mol. The highest BCUT2D eigenvalue weighted by Crippen LogP contribution is 2.48. The highest BCUT2D eigenvalue weighted by molar-refractivity contribution is 5.84. The molecule has 1 aliphatic heterocycles. The second-order valence-corrected chi connectivity index (χ2v) is 6.45. The standard InChI is InChI=1S/C17H21NO4/c1-11-4-2-3-5-12(11)13-8-14(13)16(21)18-17(9-15(19)20)6-7-22-10-17/h2-5,13-14H,6-10H2,1H3,(H,18,21)(H,19,20). The maximum absolute atomic E-state index is 12.5. The van der Waals surface area contributed by atoms with Gasteiger partial charge in [0.05, 0.1) is 18.6 Å². The molecule has 0 radical (unpaired) electrons. The summed E-state index contributed by atoms with van der Waals surface area (Å²) in [7, 11) is 0. The van der Waals surface area contributed by atoms with Gasteiger partial charge in [0.25, 0.3) is 0 Å². The van der Waals surface area contributed by atoms with Gasteiger partial charge in [-0.15, -0.1) is 0 Å². The summed E-state index contributed by atoms with van der Waals surface area (Å²) in [6.45, 7) is 2.84. The Hall–Kier alpha value is -1.88. The van der Waals surface area contributed by atoms with Crippen LogP contribution in [0.4, 0.5) is 0 Å². The smallest absolute Gasteiger partial charge is 0.305 e. The number of nitrogens with one attached hydrogen (secondary N) is 1.